The fraction of sp³-hybridized carbons (Fsp3) is 0.364. The standard InChI is InChI=1S/C22H27F2N4O2PS/c1-2-9-32(30,31)28-18-8-7-17(23)19(20(18)24)22(29)27-14-10-15-16(13-5-3-4-6-13)12-26-21(15)25-11-14/h7-8,10-13,32H,2-6,9,31H2,1H3,(H,25,26)(H,27,29)(H,28,30). The lowest BCUT2D eigenvalue weighted by atomic mass is 9.98. The van der Waals surface area contributed by atoms with E-state index in [0.717, 1.165) is 35.9 Å². The predicted octanol–water partition coefficient (Wildman–Crippen LogP) is 5.29. The highest BCUT2D eigenvalue weighted by molar-refractivity contribution is 8.46. The lowest BCUT2D eigenvalue weighted by Crippen LogP contribution is -2.21. The zero-order valence-corrected chi connectivity index (χ0v) is 19.8. The number of hydrogen-bond donors (Lipinski definition) is 4. The van der Waals surface area contributed by atoms with E-state index in [9.17, 15) is 13.4 Å². The first-order valence-corrected chi connectivity index (χ1v) is 14.2. The molecule has 1 unspecified atom stereocenters. The van der Waals surface area contributed by atoms with Gasteiger partial charge in [0.05, 0.1) is 17.6 Å². The van der Waals surface area contributed by atoms with Crippen LogP contribution in [0.1, 0.15) is 60.9 Å². The topological polar surface area (TPSA) is 86.9 Å². The Kier molecular flexibility index (Phi) is 6.58. The molecule has 0 saturated heterocycles. The molecule has 2 aromatic heterocycles. The number of carbonyl (C=O) groups is 1. The number of nitrogens with one attached hydrogen (secondary N) is 3. The summed E-state index contributed by atoms with van der Waals surface area (Å²) in [7, 11) is -0.752. The van der Waals surface area contributed by atoms with E-state index in [1.807, 2.05) is 13.1 Å². The molecule has 3 aromatic rings. The number of fused-ring (bicyclic) bond motifs is 1. The lowest BCUT2D eigenvalue weighted by molar-refractivity contribution is 0.101. The van der Waals surface area contributed by atoms with Crippen molar-refractivity contribution < 1.29 is 17.8 Å². The number of thiol groups is 1. The Morgan fingerprint density at radius 1 is 1.31 bits per heavy atom. The summed E-state index contributed by atoms with van der Waals surface area (Å²) in [5.74, 6) is -2.25. The molecule has 1 fully saturated rings. The third-order valence-corrected chi connectivity index (χ3v) is 8.69. The van der Waals surface area contributed by atoms with Crippen molar-refractivity contribution in [1.29, 1.82) is 0 Å². The minimum Gasteiger partial charge on any atom is -0.346 e. The number of aromatic amines is 1. The molecule has 1 saturated carbocycles. The van der Waals surface area contributed by atoms with Crippen LogP contribution < -0.4 is 10.0 Å². The zero-order chi connectivity index (χ0) is 22.9. The van der Waals surface area contributed by atoms with E-state index in [1.165, 1.54) is 19.0 Å². The molecule has 1 aliphatic rings. The number of amides is 1. The Morgan fingerprint density at radius 3 is 2.78 bits per heavy atom. The summed E-state index contributed by atoms with van der Waals surface area (Å²) in [6.45, 7) is 1.85. The summed E-state index contributed by atoms with van der Waals surface area (Å²) < 4.78 is 44.6. The van der Waals surface area contributed by atoms with Gasteiger partial charge >= 0.3 is 0 Å². The highest BCUT2D eigenvalue weighted by Gasteiger charge is 2.24. The number of halogens is 2. The van der Waals surface area contributed by atoms with Gasteiger partial charge in [-0.25, -0.2) is 13.8 Å². The maximum absolute atomic E-state index is 15.0. The van der Waals surface area contributed by atoms with Crippen LogP contribution in [0.2, 0.25) is 0 Å². The van der Waals surface area contributed by atoms with Crippen molar-refractivity contribution in [1.82, 2.24) is 9.97 Å². The first kappa shape index (κ1) is 22.8. The molecule has 1 amide bonds. The van der Waals surface area contributed by atoms with E-state index < -0.39 is 32.8 Å². The lowest BCUT2D eigenvalue weighted by Gasteiger charge is -2.22. The Bertz CT molecular complexity index is 1210. The number of pyridine rings is 1. The fourth-order valence-corrected chi connectivity index (χ4v) is 6.85. The molecule has 3 N–H and O–H groups in total. The van der Waals surface area contributed by atoms with Gasteiger partial charge in [-0.05, 0) is 67.1 Å². The van der Waals surface area contributed by atoms with Gasteiger partial charge in [0, 0.05) is 17.3 Å². The molecule has 172 valence electrons. The van der Waals surface area contributed by atoms with Crippen molar-refractivity contribution >= 4 is 46.5 Å². The number of rotatable bonds is 7. The molecule has 1 atom stereocenters. The van der Waals surface area contributed by atoms with Gasteiger partial charge in [0.25, 0.3) is 5.91 Å². The van der Waals surface area contributed by atoms with Crippen molar-refractivity contribution in [3.05, 3.63) is 53.4 Å². The molecule has 6 nitrogen and oxygen atoms in total. The van der Waals surface area contributed by atoms with Crippen LogP contribution in [-0.4, -0.2) is 25.8 Å². The number of H-pyrrole nitrogens is 1. The molecule has 10 heteroatoms. The average molecular weight is 481 g/mol. The third kappa shape index (κ3) is 4.69. The minimum atomic E-state index is -2.95. The monoisotopic (exact) mass is 480 g/mol. The van der Waals surface area contributed by atoms with Crippen LogP contribution in [0.3, 0.4) is 0 Å². The summed E-state index contributed by atoms with van der Waals surface area (Å²) in [6.07, 6.45) is 8.61. The molecule has 1 aliphatic carbocycles. The van der Waals surface area contributed by atoms with E-state index in [0.29, 0.717) is 29.4 Å². The van der Waals surface area contributed by atoms with Crippen molar-refractivity contribution in [2.45, 2.75) is 44.9 Å². The molecule has 0 bridgehead atoms. The normalized spacial score (nSPS) is 15.2. The van der Waals surface area contributed by atoms with E-state index in [1.54, 1.807) is 6.07 Å². The van der Waals surface area contributed by atoms with Gasteiger partial charge in [0.15, 0.2) is 5.82 Å². The van der Waals surface area contributed by atoms with E-state index in [2.05, 4.69) is 28.4 Å². The summed E-state index contributed by atoms with van der Waals surface area (Å²) in [5, 5.41) is 3.46. The second-order valence-electron chi connectivity index (χ2n) is 8.21. The second kappa shape index (κ2) is 9.24. The van der Waals surface area contributed by atoms with Crippen LogP contribution in [0.25, 0.3) is 11.0 Å². The van der Waals surface area contributed by atoms with Gasteiger partial charge in [0.2, 0.25) is 0 Å². The van der Waals surface area contributed by atoms with Gasteiger partial charge in [0.1, 0.15) is 17.0 Å². The zero-order valence-electron chi connectivity index (χ0n) is 17.8. The molecule has 2 heterocycles. The largest absolute Gasteiger partial charge is 0.346 e. The van der Waals surface area contributed by atoms with E-state index in [4.69, 9.17) is 0 Å². The smallest absolute Gasteiger partial charge is 0.261 e. The van der Waals surface area contributed by atoms with Crippen molar-refractivity contribution in [2.24, 2.45) is 0 Å². The molecule has 1 aromatic carbocycles. The highest BCUT2D eigenvalue weighted by Crippen LogP contribution is 2.38. The maximum atomic E-state index is 15.0. The second-order valence-corrected chi connectivity index (χ2v) is 13.0. The van der Waals surface area contributed by atoms with Crippen LogP contribution in [0.5, 0.6) is 0 Å². The first-order chi connectivity index (χ1) is 15.3. The van der Waals surface area contributed by atoms with Crippen LogP contribution >= 0.6 is 8.44 Å². The number of aromatic nitrogens is 2. The summed E-state index contributed by atoms with van der Waals surface area (Å²) in [6, 6.07) is 3.91. The SMILES string of the molecule is CCC[SH](=O)(P)Nc1ccc(F)c(C(=O)Nc2cnc3[nH]cc(C4CCCC4)c3c2)c1F. The number of hydrogen-bond acceptors (Lipinski definition) is 3. The first-order valence-electron chi connectivity index (χ1n) is 10.7. The summed E-state index contributed by atoms with van der Waals surface area (Å²) >= 11 is 0. The highest BCUT2D eigenvalue weighted by atomic mass is 32.8. The average Bonchev–Trinajstić information content (AvgIpc) is 3.39. The molecular formula is C22H27F2N4O2PS. The predicted molar refractivity (Wildman–Crippen MR) is 130 cm³/mol. The number of nitrogens with zero attached hydrogens (tertiary/aromatic N) is 1. The number of carbonyl (C=O) groups excluding carboxylic acids is 1. The van der Waals surface area contributed by atoms with Crippen molar-refractivity contribution in [3.63, 3.8) is 0 Å². The Hall–Kier alpha value is -2.38. The van der Waals surface area contributed by atoms with Gasteiger partial charge < -0.3 is 15.0 Å². The van der Waals surface area contributed by atoms with Gasteiger partial charge in [-0.3, -0.25) is 9.00 Å². The van der Waals surface area contributed by atoms with Gasteiger partial charge in [-0.1, -0.05) is 19.8 Å². The Labute approximate surface area is 188 Å². The molecule has 4 rings (SSSR count). The molecule has 0 spiro atoms. The van der Waals surface area contributed by atoms with Crippen LogP contribution in [0, 0.1) is 11.6 Å². The Balaban J connectivity index is 1.61. The van der Waals surface area contributed by atoms with E-state index >= 15 is 4.39 Å². The number of anilines is 2. The number of benzene rings is 1. The van der Waals surface area contributed by atoms with Crippen molar-refractivity contribution in [2.75, 3.05) is 15.8 Å². The molecule has 32 heavy (non-hydrogen) atoms. The third-order valence-electron chi connectivity index (χ3n) is 5.80. The fourth-order valence-electron chi connectivity index (χ4n) is 4.30. The summed E-state index contributed by atoms with van der Waals surface area (Å²) in [4.78, 5) is 20.3. The molecular weight excluding hydrogens is 453 g/mol. The van der Waals surface area contributed by atoms with Crippen LogP contribution in [0.15, 0.2) is 30.6 Å². The quantitative estimate of drug-likeness (QED) is 0.274. The van der Waals surface area contributed by atoms with Crippen LogP contribution in [0.4, 0.5) is 20.2 Å². The van der Waals surface area contributed by atoms with Crippen LogP contribution in [-0.2, 0) is 9.74 Å². The maximum Gasteiger partial charge on any atom is 0.261 e. The minimum absolute atomic E-state index is 0.175. The van der Waals surface area contributed by atoms with Gasteiger partial charge in [-0.2, -0.15) is 0 Å². The van der Waals surface area contributed by atoms with E-state index in [-0.39, 0.29) is 5.69 Å². The van der Waals surface area contributed by atoms with Gasteiger partial charge in [-0.15, -0.1) is 0 Å². The van der Waals surface area contributed by atoms with Crippen molar-refractivity contribution in [3.8, 4) is 0 Å². The molecule has 0 aliphatic heterocycles. The molecule has 0 radical (unpaired) electrons. The Morgan fingerprint density at radius 2 is 2.06 bits per heavy atom. The summed E-state index contributed by atoms with van der Waals surface area (Å²) in [5.41, 5.74) is 1.30.